The summed E-state index contributed by atoms with van der Waals surface area (Å²) in [5.41, 5.74) is 6.25. The van der Waals surface area contributed by atoms with Gasteiger partial charge in [-0.1, -0.05) is 10.4 Å². The molecule has 0 saturated carbocycles. The average Bonchev–Trinajstić information content (AvgIpc) is 2.96. The predicted molar refractivity (Wildman–Crippen MR) is 67.3 cm³/mol. The molecule has 0 atom stereocenters. The fourth-order valence-electron chi connectivity index (χ4n) is 1.57. The summed E-state index contributed by atoms with van der Waals surface area (Å²) in [5, 5.41) is 14.1. The molecule has 8 nitrogen and oxygen atoms in total. The molecule has 0 fully saturated rings. The number of rotatable bonds is 6. The number of hydrogen-bond donors (Lipinski definition) is 2. The Morgan fingerprint density at radius 3 is 3.11 bits per heavy atom. The van der Waals surface area contributed by atoms with Gasteiger partial charge < -0.3 is 15.6 Å². The number of aromatic nitrogens is 4. The molecule has 8 heteroatoms. The van der Waals surface area contributed by atoms with Crippen molar-refractivity contribution in [2.24, 2.45) is 5.73 Å². The van der Waals surface area contributed by atoms with Crippen LogP contribution in [0.2, 0.25) is 0 Å². The van der Waals surface area contributed by atoms with E-state index in [2.05, 4.69) is 20.8 Å². The van der Waals surface area contributed by atoms with Crippen LogP contribution < -0.4 is 11.1 Å². The lowest BCUT2D eigenvalue weighted by atomic mass is 10.2. The highest BCUT2D eigenvalue weighted by atomic mass is 16.5. The lowest BCUT2D eigenvalue weighted by Crippen LogP contribution is -2.19. The van der Waals surface area contributed by atoms with Crippen molar-refractivity contribution in [2.45, 2.75) is 26.3 Å². The highest BCUT2D eigenvalue weighted by molar-refractivity contribution is 5.89. The van der Waals surface area contributed by atoms with Crippen LogP contribution in [-0.4, -0.2) is 32.6 Å². The van der Waals surface area contributed by atoms with Crippen molar-refractivity contribution >= 4 is 11.7 Å². The minimum absolute atomic E-state index is 0.0849. The smallest absolute Gasteiger partial charge is 0.247 e. The number of nitrogens with one attached hydrogen (secondary N) is 1. The molecule has 0 unspecified atom stereocenters. The molecule has 3 N–H and O–H groups in total. The molecule has 0 aliphatic carbocycles. The number of hydrogen-bond acceptors (Lipinski definition) is 6. The molecule has 2 aromatic heterocycles. The molecule has 2 rings (SSSR count). The summed E-state index contributed by atoms with van der Waals surface area (Å²) in [6, 6.07) is 1.64. The van der Waals surface area contributed by atoms with Crippen molar-refractivity contribution in [3.63, 3.8) is 0 Å². The number of carbonyl (C=O) groups is 1. The number of carbonyl (C=O) groups excluding carboxylic acids is 1. The van der Waals surface area contributed by atoms with Crippen LogP contribution in [0.5, 0.6) is 0 Å². The van der Waals surface area contributed by atoms with Gasteiger partial charge in [0.1, 0.15) is 12.3 Å². The minimum Gasteiger partial charge on any atom is -0.360 e. The van der Waals surface area contributed by atoms with Crippen molar-refractivity contribution in [1.29, 1.82) is 0 Å². The second-order valence-corrected chi connectivity index (χ2v) is 4.17. The monoisotopic (exact) mass is 264 g/mol. The van der Waals surface area contributed by atoms with E-state index >= 15 is 0 Å². The number of amides is 1. The topological polar surface area (TPSA) is 112 Å². The summed E-state index contributed by atoms with van der Waals surface area (Å²) in [7, 11) is 0. The fraction of sp³-hybridized carbons (Fsp3) is 0.455. The zero-order chi connectivity index (χ0) is 13.7. The van der Waals surface area contributed by atoms with E-state index in [4.69, 9.17) is 10.3 Å². The van der Waals surface area contributed by atoms with E-state index in [-0.39, 0.29) is 12.5 Å². The number of aryl methyl sites for hydroxylation is 2. The Hall–Kier alpha value is -2.22. The van der Waals surface area contributed by atoms with Gasteiger partial charge in [0.2, 0.25) is 5.91 Å². The third-order valence-electron chi connectivity index (χ3n) is 2.42. The number of anilines is 1. The van der Waals surface area contributed by atoms with Gasteiger partial charge in [-0.25, -0.2) is 4.68 Å². The van der Waals surface area contributed by atoms with Crippen LogP contribution in [0.1, 0.15) is 17.9 Å². The van der Waals surface area contributed by atoms with E-state index in [1.54, 1.807) is 19.2 Å². The first kappa shape index (κ1) is 13.2. The third kappa shape index (κ3) is 3.88. The molecule has 0 radical (unpaired) electrons. The quantitative estimate of drug-likeness (QED) is 0.765. The van der Waals surface area contributed by atoms with Crippen molar-refractivity contribution < 1.29 is 9.32 Å². The molecule has 2 heterocycles. The van der Waals surface area contributed by atoms with Crippen LogP contribution in [0.3, 0.4) is 0 Å². The molecule has 0 aliphatic heterocycles. The molecular weight excluding hydrogens is 248 g/mol. The maximum atomic E-state index is 11.7. The van der Waals surface area contributed by atoms with E-state index in [1.807, 2.05) is 0 Å². The maximum absolute atomic E-state index is 11.7. The number of nitrogens with two attached hydrogens (primary N) is 1. The lowest BCUT2D eigenvalue weighted by Gasteiger charge is -2.00. The van der Waals surface area contributed by atoms with Crippen LogP contribution in [0.25, 0.3) is 0 Å². The fourth-order valence-corrected chi connectivity index (χ4v) is 1.57. The van der Waals surface area contributed by atoms with Crippen LogP contribution in [0.15, 0.2) is 16.8 Å². The second-order valence-electron chi connectivity index (χ2n) is 4.17. The normalized spacial score (nSPS) is 10.6. The Morgan fingerprint density at radius 2 is 2.42 bits per heavy atom. The van der Waals surface area contributed by atoms with Gasteiger partial charge in [-0.15, -0.1) is 5.10 Å². The van der Waals surface area contributed by atoms with Gasteiger partial charge in [0.15, 0.2) is 5.82 Å². The first-order chi connectivity index (χ1) is 9.17. The predicted octanol–water partition coefficient (Wildman–Crippen LogP) is 0.105. The van der Waals surface area contributed by atoms with Gasteiger partial charge in [0.05, 0.1) is 5.69 Å². The van der Waals surface area contributed by atoms with E-state index in [0.717, 1.165) is 18.5 Å². The van der Waals surface area contributed by atoms with E-state index in [9.17, 15) is 4.79 Å². The summed E-state index contributed by atoms with van der Waals surface area (Å²) in [6.07, 6.45) is 3.35. The zero-order valence-corrected chi connectivity index (χ0v) is 10.7. The Balaban J connectivity index is 1.86. The summed E-state index contributed by atoms with van der Waals surface area (Å²) >= 11 is 0. The second kappa shape index (κ2) is 6.10. The SMILES string of the molecule is Cc1cc(NC(=O)Cn2cc(CCCN)nn2)no1. The first-order valence-corrected chi connectivity index (χ1v) is 5.99. The molecule has 0 aromatic carbocycles. The molecule has 19 heavy (non-hydrogen) atoms. The highest BCUT2D eigenvalue weighted by Gasteiger charge is 2.08. The van der Waals surface area contributed by atoms with Gasteiger partial charge in [0.25, 0.3) is 0 Å². The summed E-state index contributed by atoms with van der Waals surface area (Å²) in [5.74, 6) is 0.801. The minimum atomic E-state index is -0.233. The summed E-state index contributed by atoms with van der Waals surface area (Å²) in [6.45, 7) is 2.45. The Morgan fingerprint density at radius 1 is 1.58 bits per heavy atom. The molecule has 1 amide bonds. The summed E-state index contributed by atoms with van der Waals surface area (Å²) < 4.78 is 6.33. The van der Waals surface area contributed by atoms with E-state index in [0.29, 0.717) is 18.1 Å². The number of nitrogens with zero attached hydrogens (tertiary/aromatic N) is 4. The van der Waals surface area contributed by atoms with E-state index in [1.165, 1.54) is 4.68 Å². The Bertz CT molecular complexity index is 547. The van der Waals surface area contributed by atoms with Gasteiger partial charge >= 0.3 is 0 Å². The van der Waals surface area contributed by atoms with E-state index < -0.39 is 0 Å². The van der Waals surface area contributed by atoms with Crippen molar-refractivity contribution in [1.82, 2.24) is 20.2 Å². The molecular formula is C11H16N6O2. The van der Waals surface area contributed by atoms with Gasteiger partial charge in [-0.2, -0.15) is 0 Å². The largest absolute Gasteiger partial charge is 0.360 e. The van der Waals surface area contributed by atoms with Crippen LogP contribution in [0, 0.1) is 6.92 Å². The van der Waals surface area contributed by atoms with Crippen molar-refractivity contribution in [3.05, 3.63) is 23.7 Å². The Labute approximate surface area is 109 Å². The van der Waals surface area contributed by atoms with Crippen LogP contribution >= 0.6 is 0 Å². The maximum Gasteiger partial charge on any atom is 0.247 e. The van der Waals surface area contributed by atoms with Crippen LogP contribution in [0.4, 0.5) is 5.82 Å². The van der Waals surface area contributed by atoms with Crippen LogP contribution in [-0.2, 0) is 17.8 Å². The molecule has 0 bridgehead atoms. The highest BCUT2D eigenvalue weighted by Crippen LogP contribution is 2.07. The van der Waals surface area contributed by atoms with Gasteiger partial charge in [-0.05, 0) is 26.3 Å². The summed E-state index contributed by atoms with van der Waals surface area (Å²) in [4.78, 5) is 11.7. The first-order valence-electron chi connectivity index (χ1n) is 5.99. The van der Waals surface area contributed by atoms with Crippen molar-refractivity contribution in [3.8, 4) is 0 Å². The van der Waals surface area contributed by atoms with Gasteiger partial charge in [0, 0.05) is 12.3 Å². The standard InChI is InChI=1S/C11H16N6O2/c1-8-5-10(15-19-8)13-11(18)7-17-6-9(14-16-17)3-2-4-12/h5-6H,2-4,7,12H2,1H3,(H,13,15,18). The molecule has 0 saturated heterocycles. The molecule has 0 aliphatic rings. The third-order valence-corrected chi connectivity index (χ3v) is 2.42. The van der Waals surface area contributed by atoms with Gasteiger partial charge in [-0.3, -0.25) is 4.79 Å². The molecule has 102 valence electrons. The average molecular weight is 264 g/mol. The van der Waals surface area contributed by atoms with Crippen molar-refractivity contribution in [2.75, 3.05) is 11.9 Å². The molecule has 0 spiro atoms. The molecule has 2 aromatic rings. The Kier molecular flexibility index (Phi) is 4.24. The zero-order valence-electron chi connectivity index (χ0n) is 10.7. The lowest BCUT2D eigenvalue weighted by molar-refractivity contribution is -0.117.